The van der Waals surface area contributed by atoms with Gasteiger partial charge in [-0.05, 0) is 48.0 Å². The van der Waals surface area contributed by atoms with Crippen LogP contribution in [0.15, 0.2) is 82.8 Å². The molecule has 3 aromatic carbocycles. The monoisotopic (exact) mass is 493 g/mol. The van der Waals surface area contributed by atoms with Crippen LogP contribution in [-0.4, -0.2) is 31.0 Å². The Balaban J connectivity index is 1.98. The first-order valence-corrected chi connectivity index (χ1v) is 10.6. The standard InChI is InChI=1S/C25H20BrNO5/c1-31-18-12-13-20(32-2)19(14-18)23(28)21-22(15-8-10-16(26)11-9-15)27(25(30)24(21)29)17-6-4-3-5-7-17/h3-14,22,28H,1-2H3/b23-21+. The van der Waals surface area contributed by atoms with Crippen molar-refractivity contribution in [3.63, 3.8) is 0 Å². The summed E-state index contributed by atoms with van der Waals surface area (Å²) in [6, 6.07) is 20.3. The number of ketones is 1. The van der Waals surface area contributed by atoms with Gasteiger partial charge in [-0.15, -0.1) is 0 Å². The number of carbonyl (C=O) groups excluding carboxylic acids is 2. The van der Waals surface area contributed by atoms with E-state index < -0.39 is 17.7 Å². The van der Waals surface area contributed by atoms with Crippen molar-refractivity contribution in [3.8, 4) is 11.5 Å². The van der Waals surface area contributed by atoms with Crippen molar-refractivity contribution in [1.29, 1.82) is 0 Å². The van der Waals surface area contributed by atoms with Gasteiger partial charge in [0.05, 0.1) is 31.4 Å². The Hall–Kier alpha value is -3.58. The molecule has 0 bridgehead atoms. The Kier molecular flexibility index (Phi) is 6.01. The quantitative estimate of drug-likeness (QED) is 0.304. The predicted octanol–water partition coefficient (Wildman–Crippen LogP) is 5.09. The van der Waals surface area contributed by atoms with Crippen molar-refractivity contribution < 1.29 is 24.2 Å². The van der Waals surface area contributed by atoms with E-state index in [2.05, 4.69) is 15.9 Å². The number of rotatable bonds is 5. The second-order valence-electron chi connectivity index (χ2n) is 7.12. The lowest BCUT2D eigenvalue weighted by molar-refractivity contribution is -0.132. The zero-order valence-corrected chi connectivity index (χ0v) is 19.0. The van der Waals surface area contributed by atoms with Gasteiger partial charge in [0.25, 0.3) is 11.7 Å². The highest BCUT2D eigenvalue weighted by Crippen LogP contribution is 2.43. The molecular formula is C25H20BrNO5. The number of amides is 1. The highest BCUT2D eigenvalue weighted by molar-refractivity contribution is 9.10. The van der Waals surface area contributed by atoms with Crippen molar-refractivity contribution in [2.24, 2.45) is 0 Å². The van der Waals surface area contributed by atoms with Gasteiger partial charge in [-0.1, -0.05) is 46.3 Å². The summed E-state index contributed by atoms with van der Waals surface area (Å²) < 4.78 is 11.5. The van der Waals surface area contributed by atoms with Crippen LogP contribution in [0.2, 0.25) is 0 Å². The normalized spacial score (nSPS) is 17.5. The number of Topliss-reactive ketones (excluding diaryl/α,β-unsaturated/α-hetero) is 1. The summed E-state index contributed by atoms with van der Waals surface area (Å²) >= 11 is 3.41. The first-order valence-electron chi connectivity index (χ1n) is 9.80. The highest BCUT2D eigenvalue weighted by Gasteiger charge is 2.47. The maximum Gasteiger partial charge on any atom is 0.300 e. The highest BCUT2D eigenvalue weighted by atomic mass is 79.9. The van der Waals surface area contributed by atoms with Gasteiger partial charge in [-0.3, -0.25) is 14.5 Å². The fourth-order valence-electron chi connectivity index (χ4n) is 3.79. The zero-order chi connectivity index (χ0) is 22.8. The summed E-state index contributed by atoms with van der Waals surface area (Å²) in [5.74, 6) is -0.990. The van der Waals surface area contributed by atoms with Gasteiger partial charge in [0.1, 0.15) is 17.3 Å². The van der Waals surface area contributed by atoms with Gasteiger partial charge in [0, 0.05) is 10.2 Å². The Morgan fingerprint density at radius 1 is 0.938 bits per heavy atom. The zero-order valence-electron chi connectivity index (χ0n) is 17.4. The summed E-state index contributed by atoms with van der Waals surface area (Å²) in [7, 11) is 2.97. The molecule has 0 radical (unpaired) electrons. The SMILES string of the molecule is COc1ccc(OC)c(/C(O)=C2\C(=O)C(=O)N(c3ccccc3)C2c2ccc(Br)cc2)c1. The van der Waals surface area contributed by atoms with E-state index in [1.165, 1.54) is 19.1 Å². The predicted molar refractivity (Wildman–Crippen MR) is 125 cm³/mol. The molecule has 1 N–H and O–H groups in total. The molecule has 1 amide bonds. The van der Waals surface area contributed by atoms with Crippen LogP contribution in [0.5, 0.6) is 11.5 Å². The minimum absolute atomic E-state index is 0.0206. The van der Waals surface area contributed by atoms with E-state index in [0.717, 1.165) is 4.47 Å². The fourth-order valence-corrected chi connectivity index (χ4v) is 4.06. The lowest BCUT2D eigenvalue weighted by Crippen LogP contribution is -2.29. The average molecular weight is 494 g/mol. The molecule has 0 aromatic heterocycles. The van der Waals surface area contributed by atoms with Crippen molar-refractivity contribution >= 4 is 39.1 Å². The number of aliphatic hydroxyl groups is 1. The van der Waals surface area contributed by atoms with Gasteiger partial charge < -0.3 is 14.6 Å². The molecule has 1 unspecified atom stereocenters. The molecule has 0 spiro atoms. The summed E-state index contributed by atoms with van der Waals surface area (Å²) in [6.45, 7) is 0. The second kappa shape index (κ2) is 8.88. The van der Waals surface area contributed by atoms with Crippen LogP contribution >= 0.6 is 15.9 Å². The average Bonchev–Trinajstić information content (AvgIpc) is 3.09. The third-order valence-electron chi connectivity index (χ3n) is 5.33. The number of aliphatic hydroxyl groups excluding tert-OH is 1. The van der Waals surface area contributed by atoms with Crippen molar-refractivity contribution in [3.05, 3.63) is 94.0 Å². The Labute approximate surface area is 193 Å². The van der Waals surface area contributed by atoms with Gasteiger partial charge in [-0.25, -0.2) is 0 Å². The molecule has 1 atom stereocenters. The molecule has 0 aliphatic carbocycles. The molecule has 1 aliphatic heterocycles. The van der Waals surface area contributed by atoms with Gasteiger partial charge in [0.15, 0.2) is 0 Å². The van der Waals surface area contributed by atoms with E-state index in [4.69, 9.17) is 9.47 Å². The molecule has 1 fully saturated rings. The van der Waals surface area contributed by atoms with Crippen LogP contribution < -0.4 is 14.4 Å². The van der Waals surface area contributed by atoms with E-state index in [1.54, 1.807) is 42.5 Å². The lowest BCUT2D eigenvalue weighted by atomic mass is 9.94. The number of carbonyl (C=O) groups is 2. The van der Waals surface area contributed by atoms with Crippen LogP contribution in [0.1, 0.15) is 17.2 Å². The Morgan fingerprint density at radius 2 is 1.62 bits per heavy atom. The number of hydrogen-bond donors (Lipinski definition) is 1. The van der Waals surface area contributed by atoms with Crippen molar-refractivity contribution in [2.75, 3.05) is 19.1 Å². The number of nitrogens with zero attached hydrogens (tertiary/aromatic N) is 1. The number of hydrogen-bond acceptors (Lipinski definition) is 5. The van der Waals surface area contributed by atoms with Crippen molar-refractivity contribution in [1.82, 2.24) is 0 Å². The Bertz CT molecular complexity index is 1200. The number of methoxy groups -OCH3 is 2. The Morgan fingerprint density at radius 3 is 2.25 bits per heavy atom. The molecule has 1 saturated heterocycles. The summed E-state index contributed by atoms with van der Waals surface area (Å²) in [6.07, 6.45) is 0. The van der Waals surface area contributed by atoms with E-state index in [1.807, 2.05) is 30.3 Å². The third-order valence-corrected chi connectivity index (χ3v) is 5.85. The van der Waals surface area contributed by atoms with E-state index in [0.29, 0.717) is 22.7 Å². The summed E-state index contributed by atoms with van der Waals surface area (Å²) in [5, 5.41) is 11.3. The number of halogens is 1. The van der Waals surface area contributed by atoms with Gasteiger partial charge in [-0.2, -0.15) is 0 Å². The second-order valence-corrected chi connectivity index (χ2v) is 8.04. The van der Waals surface area contributed by atoms with Crippen LogP contribution in [0.25, 0.3) is 5.76 Å². The molecule has 1 heterocycles. The lowest BCUT2D eigenvalue weighted by Gasteiger charge is -2.25. The smallest absolute Gasteiger partial charge is 0.300 e. The maximum atomic E-state index is 13.2. The molecule has 0 saturated carbocycles. The molecule has 7 heteroatoms. The van der Waals surface area contributed by atoms with E-state index >= 15 is 0 Å². The van der Waals surface area contributed by atoms with Crippen LogP contribution in [0.3, 0.4) is 0 Å². The summed E-state index contributed by atoms with van der Waals surface area (Å²) in [4.78, 5) is 27.8. The maximum absolute atomic E-state index is 13.2. The van der Waals surface area contributed by atoms with E-state index in [9.17, 15) is 14.7 Å². The number of anilines is 1. The summed E-state index contributed by atoms with van der Waals surface area (Å²) in [5.41, 5.74) is 1.48. The van der Waals surface area contributed by atoms with Gasteiger partial charge in [0.2, 0.25) is 0 Å². The minimum atomic E-state index is -0.818. The number of ether oxygens (including phenoxy) is 2. The molecule has 6 nitrogen and oxygen atoms in total. The molecule has 1 aliphatic rings. The molecule has 162 valence electrons. The largest absolute Gasteiger partial charge is 0.507 e. The first-order chi connectivity index (χ1) is 15.5. The molecule has 32 heavy (non-hydrogen) atoms. The van der Waals surface area contributed by atoms with Crippen LogP contribution in [0, 0.1) is 0 Å². The van der Waals surface area contributed by atoms with Crippen molar-refractivity contribution in [2.45, 2.75) is 6.04 Å². The topological polar surface area (TPSA) is 76.1 Å². The van der Waals surface area contributed by atoms with Crippen LogP contribution in [-0.2, 0) is 9.59 Å². The molecule has 3 aromatic rings. The minimum Gasteiger partial charge on any atom is -0.507 e. The van der Waals surface area contributed by atoms with Crippen LogP contribution in [0.4, 0.5) is 5.69 Å². The molecule has 4 rings (SSSR count). The number of benzene rings is 3. The third kappa shape index (κ3) is 3.76. The van der Waals surface area contributed by atoms with Gasteiger partial charge >= 0.3 is 0 Å². The fraction of sp³-hybridized carbons (Fsp3) is 0.120. The number of para-hydroxylation sites is 1. The first kappa shape index (κ1) is 21.6. The molecular weight excluding hydrogens is 474 g/mol. The van der Waals surface area contributed by atoms with E-state index in [-0.39, 0.29) is 16.9 Å².